The molecule has 0 spiro atoms. The van der Waals surface area contributed by atoms with E-state index in [0.29, 0.717) is 0 Å². The topological polar surface area (TPSA) is 15.8 Å². The van der Waals surface area contributed by atoms with E-state index in [9.17, 15) is 0 Å². The van der Waals surface area contributed by atoms with Gasteiger partial charge in [0.15, 0.2) is 0 Å². The summed E-state index contributed by atoms with van der Waals surface area (Å²) in [7, 11) is 0. The van der Waals surface area contributed by atoms with Gasteiger partial charge >= 0.3 is 0 Å². The van der Waals surface area contributed by atoms with Crippen LogP contribution in [0.2, 0.25) is 0 Å². The van der Waals surface area contributed by atoms with Crippen LogP contribution in [0.3, 0.4) is 0 Å². The highest BCUT2D eigenvalue weighted by Crippen LogP contribution is 2.12. The molecule has 0 aliphatic carbocycles. The minimum Gasteiger partial charge on any atom is -0.354 e. The Morgan fingerprint density at radius 3 is 2.82 bits per heavy atom. The number of nitrogens with one attached hydrogen (secondary N) is 1. The Bertz CT molecular complexity index is 356. The van der Waals surface area contributed by atoms with Gasteiger partial charge in [-0.3, -0.25) is 0 Å². The predicted octanol–water partition coefficient (Wildman–Crippen LogP) is 2.39. The number of hydrogen-bond acceptors (Lipinski definition) is 1. The fraction of sp³-hybridized carbons (Fsp3) is 0. The molecule has 1 nitrogen and oxygen atoms in total. The smallest absolute Gasteiger partial charge is 0.0813 e. The second-order valence-corrected chi connectivity index (χ2v) is 2.58. The summed E-state index contributed by atoms with van der Waals surface area (Å²) in [6.07, 6.45) is 0. The summed E-state index contributed by atoms with van der Waals surface area (Å²) in [5.41, 5.74) is 1.99. The van der Waals surface area contributed by atoms with E-state index in [-0.39, 0.29) is 0 Å². The van der Waals surface area contributed by atoms with Crippen LogP contribution in [0.1, 0.15) is 5.69 Å². The third-order valence-electron chi connectivity index (χ3n) is 1.64. The fourth-order valence-electron chi connectivity index (χ4n) is 1.13. The molecule has 1 heterocycles. The Balaban J connectivity index is 2.78. The van der Waals surface area contributed by atoms with Crippen LogP contribution in [0.4, 0.5) is 0 Å². The molecule has 0 aliphatic rings. The average Bonchev–Trinajstić information content (AvgIpc) is 2.46. The van der Waals surface area contributed by atoms with Crippen LogP contribution in [-0.4, -0.2) is 10.4 Å². The van der Waals surface area contributed by atoms with Crippen molar-refractivity contribution < 1.29 is 0 Å². The molecule has 0 unspecified atom stereocenters. The molecule has 0 atom stereocenters. The molecular formula is C9H6NS. The first kappa shape index (κ1) is 6.55. The van der Waals surface area contributed by atoms with Gasteiger partial charge < -0.3 is 4.98 Å². The lowest BCUT2D eigenvalue weighted by atomic mass is 10.2. The molecule has 0 saturated carbocycles. The molecule has 53 valence electrons. The standard InChI is InChI=1S/C9H6NS/c11-6-8-5-7-3-1-2-4-9(7)10-8/h1-5,10H. The molecule has 0 amide bonds. The highest BCUT2D eigenvalue weighted by atomic mass is 32.1. The van der Waals surface area contributed by atoms with Crippen molar-refractivity contribution in [1.82, 2.24) is 4.98 Å². The van der Waals surface area contributed by atoms with Crippen molar-refractivity contribution in [3.8, 4) is 0 Å². The molecule has 1 radical (unpaired) electrons. The molecular weight excluding hydrogens is 154 g/mol. The van der Waals surface area contributed by atoms with E-state index in [1.54, 1.807) is 0 Å². The SMILES string of the molecule is S=[C]c1cc2ccccc2[nH]1. The summed E-state index contributed by atoms with van der Waals surface area (Å²) < 4.78 is 0. The average molecular weight is 160 g/mol. The number of aromatic nitrogens is 1. The Labute approximate surface area is 70.0 Å². The predicted molar refractivity (Wildman–Crippen MR) is 50.0 cm³/mol. The van der Waals surface area contributed by atoms with Crippen molar-refractivity contribution >= 4 is 28.5 Å². The second-order valence-electron chi connectivity index (χ2n) is 2.37. The maximum absolute atomic E-state index is 4.68. The van der Waals surface area contributed by atoms with E-state index >= 15 is 0 Å². The molecule has 1 N–H and O–H groups in total. The summed E-state index contributed by atoms with van der Waals surface area (Å²) in [5, 5.41) is 3.82. The van der Waals surface area contributed by atoms with Gasteiger partial charge in [0.05, 0.1) is 11.1 Å². The van der Waals surface area contributed by atoms with Crippen LogP contribution >= 0.6 is 12.2 Å². The van der Waals surface area contributed by atoms with E-state index in [1.165, 1.54) is 5.39 Å². The minimum absolute atomic E-state index is 0.876. The molecule has 2 heteroatoms. The molecule has 0 bridgehead atoms. The highest BCUT2D eigenvalue weighted by Gasteiger charge is 1.95. The summed E-state index contributed by atoms with van der Waals surface area (Å²) >= 11 is 4.68. The van der Waals surface area contributed by atoms with Crippen molar-refractivity contribution in [2.24, 2.45) is 0 Å². The largest absolute Gasteiger partial charge is 0.354 e. The van der Waals surface area contributed by atoms with Gasteiger partial charge in [-0.2, -0.15) is 0 Å². The van der Waals surface area contributed by atoms with E-state index in [1.807, 2.05) is 30.3 Å². The normalized spacial score (nSPS) is 10.2. The zero-order chi connectivity index (χ0) is 7.68. The van der Waals surface area contributed by atoms with E-state index in [4.69, 9.17) is 0 Å². The molecule has 0 aliphatic heterocycles. The second kappa shape index (κ2) is 2.47. The molecule has 1 aromatic heterocycles. The van der Waals surface area contributed by atoms with Crippen LogP contribution in [0.15, 0.2) is 30.3 Å². The van der Waals surface area contributed by atoms with Gasteiger partial charge in [0.2, 0.25) is 0 Å². The summed E-state index contributed by atoms with van der Waals surface area (Å²) in [6, 6.07) is 10.0. The molecule has 0 saturated heterocycles. The third kappa shape index (κ3) is 1.05. The third-order valence-corrected chi connectivity index (χ3v) is 1.86. The Hall–Kier alpha value is -1.15. The number of H-pyrrole nitrogens is 1. The molecule has 1 aromatic carbocycles. The lowest BCUT2D eigenvalue weighted by molar-refractivity contribution is 1.45. The lowest BCUT2D eigenvalue weighted by Gasteiger charge is -1.83. The Kier molecular flexibility index (Phi) is 1.47. The highest BCUT2D eigenvalue weighted by molar-refractivity contribution is 7.79. The van der Waals surface area contributed by atoms with Gasteiger partial charge in [-0.1, -0.05) is 30.4 Å². The lowest BCUT2D eigenvalue weighted by Crippen LogP contribution is -1.72. The number of hydrogen-bond donors (Lipinski definition) is 1. The van der Waals surface area contributed by atoms with Gasteiger partial charge in [0.25, 0.3) is 0 Å². The number of fused-ring (bicyclic) bond motifs is 1. The van der Waals surface area contributed by atoms with Gasteiger partial charge in [-0.05, 0) is 12.1 Å². The zero-order valence-electron chi connectivity index (χ0n) is 5.79. The minimum atomic E-state index is 0.876. The van der Waals surface area contributed by atoms with Crippen LogP contribution < -0.4 is 0 Å². The van der Waals surface area contributed by atoms with Crippen molar-refractivity contribution in [2.75, 3.05) is 0 Å². The van der Waals surface area contributed by atoms with Gasteiger partial charge in [-0.25, -0.2) is 0 Å². The first-order valence-corrected chi connectivity index (χ1v) is 3.77. The quantitative estimate of drug-likeness (QED) is 0.633. The van der Waals surface area contributed by atoms with E-state index in [2.05, 4.69) is 22.6 Å². The molecule has 0 fully saturated rings. The van der Waals surface area contributed by atoms with Crippen molar-refractivity contribution in [3.05, 3.63) is 36.0 Å². The van der Waals surface area contributed by atoms with Gasteiger partial charge in [0.1, 0.15) is 0 Å². The first-order valence-electron chi connectivity index (χ1n) is 3.36. The number of para-hydroxylation sites is 1. The maximum Gasteiger partial charge on any atom is 0.0813 e. The number of benzene rings is 1. The number of rotatable bonds is 1. The Morgan fingerprint density at radius 2 is 2.09 bits per heavy atom. The number of aromatic amines is 1. The summed E-state index contributed by atoms with van der Waals surface area (Å²) in [5.74, 6) is 0. The van der Waals surface area contributed by atoms with Crippen LogP contribution in [0.25, 0.3) is 10.9 Å². The first-order chi connectivity index (χ1) is 5.40. The maximum atomic E-state index is 4.68. The van der Waals surface area contributed by atoms with Gasteiger partial charge in [-0.15, -0.1) is 0 Å². The molecule has 2 rings (SSSR count). The zero-order valence-corrected chi connectivity index (χ0v) is 6.61. The van der Waals surface area contributed by atoms with Crippen molar-refractivity contribution in [3.63, 3.8) is 0 Å². The molecule has 11 heavy (non-hydrogen) atoms. The monoisotopic (exact) mass is 160 g/mol. The van der Waals surface area contributed by atoms with Crippen LogP contribution in [0.5, 0.6) is 0 Å². The fourth-order valence-corrected chi connectivity index (χ4v) is 1.24. The van der Waals surface area contributed by atoms with Crippen LogP contribution in [-0.2, 0) is 0 Å². The summed E-state index contributed by atoms with van der Waals surface area (Å²) in [4.78, 5) is 3.13. The number of thiocarbonyl (C=S) groups is 1. The Morgan fingerprint density at radius 1 is 1.27 bits per heavy atom. The molecule has 2 aromatic rings. The summed E-state index contributed by atoms with van der Waals surface area (Å²) in [6.45, 7) is 0. The van der Waals surface area contributed by atoms with E-state index in [0.717, 1.165) is 11.2 Å². The van der Waals surface area contributed by atoms with Crippen molar-refractivity contribution in [2.45, 2.75) is 0 Å². The van der Waals surface area contributed by atoms with Crippen molar-refractivity contribution in [1.29, 1.82) is 0 Å². The van der Waals surface area contributed by atoms with Gasteiger partial charge in [0, 0.05) is 10.9 Å². The van der Waals surface area contributed by atoms with Crippen LogP contribution in [0, 0.1) is 0 Å². The van der Waals surface area contributed by atoms with E-state index < -0.39 is 0 Å².